The van der Waals surface area contributed by atoms with Crippen molar-refractivity contribution in [2.45, 2.75) is 128 Å². The Morgan fingerprint density at radius 3 is 2.12 bits per heavy atom. The number of hydrogen-bond donors (Lipinski definition) is 6. The first kappa shape index (κ1) is 34.8. The lowest BCUT2D eigenvalue weighted by Crippen LogP contribution is -2.60. The van der Waals surface area contributed by atoms with E-state index >= 15 is 0 Å². The Kier molecular flexibility index (Phi) is 13.3. The minimum absolute atomic E-state index is 0.0691. The Bertz CT molecular complexity index is 1020. The fourth-order valence-corrected chi connectivity index (χ4v) is 6.20. The normalized spacial score (nSPS) is 19.8. The van der Waals surface area contributed by atoms with Gasteiger partial charge in [0.2, 0.25) is 11.8 Å². The number of hydrogen-bond acceptors (Lipinski definition) is 6. The van der Waals surface area contributed by atoms with Gasteiger partial charge in [0.05, 0.1) is 11.6 Å². The highest BCUT2D eigenvalue weighted by Gasteiger charge is 2.37. The highest BCUT2D eigenvalue weighted by atomic mass is 16.3. The van der Waals surface area contributed by atoms with Gasteiger partial charge < -0.3 is 36.8 Å². The minimum atomic E-state index is -1.41. The van der Waals surface area contributed by atoms with E-state index in [4.69, 9.17) is 5.73 Å². The molecule has 1 aliphatic heterocycles. The van der Waals surface area contributed by atoms with E-state index < -0.39 is 41.6 Å². The number of rotatable bonds is 13. The molecule has 1 saturated heterocycles. The maximum atomic E-state index is 13.8. The van der Waals surface area contributed by atoms with Gasteiger partial charge in [-0.05, 0) is 56.9 Å². The van der Waals surface area contributed by atoms with Crippen LogP contribution in [0.4, 0.5) is 4.79 Å². The first-order valence-corrected chi connectivity index (χ1v) is 16.2. The lowest BCUT2D eigenvalue weighted by molar-refractivity contribution is -0.132. The molecule has 3 rings (SSSR count). The van der Waals surface area contributed by atoms with Gasteiger partial charge in [0, 0.05) is 25.6 Å². The van der Waals surface area contributed by atoms with Crippen molar-refractivity contribution < 1.29 is 24.6 Å². The summed E-state index contributed by atoms with van der Waals surface area (Å²) in [5.41, 5.74) is 5.48. The molecule has 0 spiro atoms. The number of nitrogens with zero attached hydrogens (tertiary/aromatic N) is 1. The van der Waals surface area contributed by atoms with Crippen LogP contribution in [-0.2, 0) is 16.0 Å². The monoisotopic (exact) mass is 601 g/mol. The van der Waals surface area contributed by atoms with Gasteiger partial charge in [-0.2, -0.15) is 0 Å². The van der Waals surface area contributed by atoms with E-state index in [1.165, 1.54) is 20.3 Å². The number of likely N-dealkylation sites (tertiary alicyclic amines) is 1. The number of aliphatic hydroxyl groups excluding tert-OH is 1. The van der Waals surface area contributed by atoms with Crippen LogP contribution in [0.3, 0.4) is 0 Å². The van der Waals surface area contributed by atoms with Crippen LogP contribution in [0.25, 0.3) is 0 Å². The van der Waals surface area contributed by atoms with Gasteiger partial charge >= 0.3 is 6.03 Å². The molecule has 242 valence electrons. The van der Waals surface area contributed by atoms with Crippen molar-refractivity contribution in [3.8, 4) is 0 Å². The Labute approximate surface area is 257 Å². The van der Waals surface area contributed by atoms with Crippen molar-refractivity contribution in [2.24, 2.45) is 17.6 Å². The van der Waals surface area contributed by atoms with Crippen molar-refractivity contribution in [1.82, 2.24) is 20.9 Å². The Morgan fingerprint density at radius 2 is 1.53 bits per heavy atom. The lowest BCUT2D eigenvalue weighted by atomic mass is 9.81. The van der Waals surface area contributed by atoms with Crippen LogP contribution >= 0.6 is 0 Å². The summed E-state index contributed by atoms with van der Waals surface area (Å²) in [6.45, 7) is 8.08. The predicted octanol–water partition coefficient (Wildman–Crippen LogP) is 2.85. The maximum Gasteiger partial charge on any atom is 0.318 e. The van der Waals surface area contributed by atoms with Gasteiger partial charge in [-0.25, -0.2) is 4.79 Å². The van der Waals surface area contributed by atoms with Crippen molar-refractivity contribution in [3.05, 3.63) is 35.9 Å². The molecule has 1 aromatic rings. The highest BCUT2D eigenvalue weighted by Crippen LogP contribution is 2.29. The first-order valence-electron chi connectivity index (χ1n) is 16.2. The van der Waals surface area contributed by atoms with Crippen LogP contribution in [0.15, 0.2) is 30.3 Å². The molecule has 1 heterocycles. The van der Waals surface area contributed by atoms with Gasteiger partial charge in [-0.15, -0.1) is 0 Å². The van der Waals surface area contributed by atoms with Crippen LogP contribution in [0.1, 0.15) is 91.0 Å². The van der Waals surface area contributed by atoms with Crippen molar-refractivity contribution in [2.75, 3.05) is 13.1 Å². The van der Waals surface area contributed by atoms with Crippen molar-refractivity contribution in [1.29, 1.82) is 0 Å². The summed E-state index contributed by atoms with van der Waals surface area (Å²) in [4.78, 5) is 42.4. The summed E-state index contributed by atoms with van der Waals surface area (Å²) in [5.74, 6) is -0.407. The van der Waals surface area contributed by atoms with Crippen molar-refractivity contribution in [3.63, 3.8) is 0 Å². The van der Waals surface area contributed by atoms with E-state index in [9.17, 15) is 24.6 Å². The molecule has 10 heteroatoms. The number of nitrogens with one attached hydrogen (secondary N) is 3. The van der Waals surface area contributed by atoms with Gasteiger partial charge in [0.1, 0.15) is 18.2 Å². The second kappa shape index (κ2) is 16.4. The number of amides is 4. The van der Waals surface area contributed by atoms with Gasteiger partial charge in [0.25, 0.3) is 0 Å². The Morgan fingerprint density at radius 1 is 0.930 bits per heavy atom. The summed E-state index contributed by atoms with van der Waals surface area (Å²) >= 11 is 0. The number of urea groups is 1. The molecular formula is C33H55N5O5. The van der Waals surface area contributed by atoms with Crippen LogP contribution in [-0.4, -0.2) is 81.9 Å². The maximum absolute atomic E-state index is 13.8. The number of carbonyl (C=O) groups excluding carboxylic acids is 3. The molecule has 0 aromatic heterocycles. The van der Waals surface area contributed by atoms with Crippen LogP contribution in [0.5, 0.6) is 0 Å². The molecular weight excluding hydrogens is 546 g/mol. The molecule has 0 radical (unpaired) electrons. The summed E-state index contributed by atoms with van der Waals surface area (Å²) in [5, 5.41) is 30.5. The van der Waals surface area contributed by atoms with Gasteiger partial charge in [-0.1, -0.05) is 76.3 Å². The zero-order valence-corrected chi connectivity index (χ0v) is 26.6. The number of nitrogens with two attached hydrogens (primary N) is 1. The first-order chi connectivity index (χ1) is 20.3. The third kappa shape index (κ3) is 11.4. The van der Waals surface area contributed by atoms with Gasteiger partial charge in [0.15, 0.2) is 0 Å². The second-order valence-corrected chi connectivity index (χ2v) is 13.7. The number of benzene rings is 1. The zero-order valence-electron chi connectivity index (χ0n) is 26.6. The molecule has 2 aliphatic rings. The van der Waals surface area contributed by atoms with E-state index in [-0.39, 0.29) is 24.4 Å². The summed E-state index contributed by atoms with van der Waals surface area (Å²) in [6, 6.07) is 6.77. The Balaban J connectivity index is 1.76. The average Bonchev–Trinajstić information content (AvgIpc) is 2.96. The Hall–Kier alpha value is -2.69. The quantitative estimate of drug-likeness (QED) is 0.204. The molecule has 1 aliphatic carbocycles. The van der Waals surface area contributed by atoms with E-state index in [1.807, 2.05) is 44.2 Å². The molecule has 1 saturated carbocycles. The number of carbonyl (C=O) groups is 3. The van der Waals surface area contributed by atoms with E-state index in [2.05, 4.69) is 16.0 Å². The second-order valence-electron chi connectivity index (χ2n) is 13.7. The zero-order chi connectivity index (χ0) is 31.6. The third-order valence-corrected chi connectivity index (χ3v) is 8.81. The largest absolute Gasteiger partial charge is 0.388 e. The fraction of sp³-hybridized carbons (Fsp3) is 0.727. The molecule has 2 fully saturated rings. The van der Waals surface area contributed by atoms with E-state index in [1.54, 1.807) is 4.90 Å². The molecule has 4 atom stereocenters. The topological polar surface area (TPSA) is 157 Å². The highest BCUT2D eigenvalue weighted by molar-refractivity contribution is 5.92. The van der Waals surface area contributed by atoms with E-state index in [0.29, 0.717) is 44.7 Å². The molecule has 43 heavy (non-hydrogen) atoms. The van der Waals surface area contributed by atoms with Gasteiger partial charge in [-0.3, -0.25) is 9.59 Å². The third-order valence-electron chi connectivity index (χ3n) is 8.81. The standard InChI is InChI=1S/C33H55N5O5/c1-22(2)19-27(30(40)35-26(29(39)33(3,4)43)20-23-11-7-5-8-12-23)36-31(41)28(21-24-13-9-6-10-14-24)37-32(42)38-17-15-25(34)16-18-38/h6,9-10,13-14,22-23,25-29,39,43H,5,7-8,11-12,15-21,34H2,1-4H3,(H,35,40)(H,36,41)(H,37,42)/t26-,27-,28-,29-/m0/s1. The average molecular weight is 602 g/mol. The van der Waals surface area contributed by atoms with E-state index in [0.717, 1.165) is 31.2 Å². The summed E-state index contributed by atoms with van der Waals surface area (Å²) in [7, 11) is 0. The molecule has 0 bridgehead atoms. The predicted molar refractivity (Wildman–Crippen MR) is 168 cm³/mol. The summed E-state index contributed by atoms with van der Waals surface area (Å²) in [6.07, 6.45) is 6.94. The lowest BCUT2D eigenvalue weighted by Gasteiger charge is -2.36. The van der Waals surface area contributed by atoms with Crippen LogP contribution < -0.4 is 21.7 Å². The molecule has 0 unspecified atom stereocenters. The summed E-state index contributed by atoms with van der Waals surface area (Å²) < 4.78 is 0. The SMILES string of the molecule is CC(C)C[C@H](NC(=O)[C@H](Cc1ccccc1)NC(=O)N1CCC(N)CC1)C(=O)N[C@@H](CC1CCCCC1)[C@H](O)C(C)(C)O. The molecule has 10 nitrogen and oxygen atoms in total. The van der Waals surface area contributed by atoms with Crippen LogP contribution in [0.2, 0.25) is 0 Å². The minimum Gasteiger partial charge on any atom is -0.388 e. The molecule has 4 amide bonds. The van der Waals surface area contributed by atoms with Crippen LogP contribution in [0, 0.1) is 11.8 Å². The molecule has 1 aromatic carbocycles. The molecule has 7 N–H and O–H groups in total. The smallest absolute Gasteiger partial charge is 0.318 e. The fourth-order valence-electron chi connectivity index (χ4n) is 6.20. The van der Waals surface area contributed by atoms with Crippen molar-refractivity contribution >= 4 is 17.8 Å². The number of aliphatic hydroxyl groups is 2. The number of piperidine rings is 1.